The summed E-state index contributed by atoms with van der Waals surface area (Å²) >= 11 is -3.52. The third-order valence-electron chi connectivity index (χ3n) is 1.47. The first kappa shape index (κ1) is 14.4. The van der Waals surface area contributed by atoms with Crippen molar-refractivity contribution in [3.63, 3.8) is 0 Å². The second-order valence-electron chi connectivity index (χ2n) is 2.61. The summed E-state index contributed by atoms with van der Waals surface area (Å²) in [6.07, 6.45) is -8.08. The van der Waals surface area contributed by atoms with Crippen LogP contribution in [-0.2, 0) is 9.53 Å². The Balaban J connectivity index is 2.86. The molecule has 0 amide bonds. The Morgan fingerprint density at radius 1 is 1.44 bits per heavy atom. The van der Waals surface area contributed by atoms with Crippen molar-refractivity contribution in [2.45, 2.75) is 16.2 Å². The van der Waals surface area contributed by atoms with Gasteiger partial charge in [-0.2, -0.15) is 0 Å². The Morgan fingerprint density at radius 2 is 1.94 bits per heavy atom. The molecule has 0 aromatic heterocycles. The van der Waals surface area contributed by atoms with Crippen molar-refractivity contribution in [3.8, 4) is 0 Å². The normalized spacial score (nSPS) is 20.7. The summed E-state index contributed by atoms with van der Waals surface area (Å²) in [4.78, 5) is 10.6. The van der Waals surface area contributed by atoms with Gasteiger partial charge in [0.2, 0.25) is 0 Å². The summed E-state index contributed by atoms with van der Waals surface area (Å²) < 4.78 is 63.9. The third kappa shape index (κ3) is 3.40. The Hall–Kier alpha value is 0.320. The summed E-state index contributed by atoms with van der Waals surface area (Å²) in [5.74, 6) is -1.47. The molecule has 0 saturated carbocycles. The molecule has 16 heavy (non-hydrogen) atoms. The Morgan fingerprint density at radius 3 is 2.25 bits per heavy atom. The summed E-state index contributed by atoms with van der Waals surface area (Å²) in [5, 5.41) is 0. The van der Waals surface area contributed by atoms with Crippen molar-refractivity contribution < 1.29 is 48.7 Å². The van der Waals surface area contributed by atoms with Crippen LogP contribution in [0.4, 0.5) is 22.0 Å². The Bertz CT molecular complexity index is 300. The van der Waals surface area contributed by atoms with Crippen LogP contribution in [0.25, 0.3) is 0 Å². The van der Waals surface area contributed by atoms with Crippen LogP contribution in [-0.4, -0.2) is 24.6 Å². The first-order valence-electron chi connectivity index (χ1n) is 3.73. The number of esters is 1. The number of rotatable bonds is 4. The molecule has 1 heterocycles. The van der Waals surface area contributed by atoms with E-state index in [1.807, 2.05) is 0 Å². The van der Waals surface area contributed by atoms with Crippen LogP contribution in [0.2, 0.25) is 0 Å². The minimum atomic E-state index is -5.23. The second kappa shape index (κ2) is 4.90. The van der Waals surface area contributed by atoms with Crippen molar-refractivity contribution in [1.82, 2.24) is 0 Å². The molecular weight excluding hydrogens is 465 g/mol. The van der Waals surface area contributed by atoms with E-state index in [0.717, 1.165) is 0 Å². The van der Waals surface area contributed by atoms with E-state index in [-0.39, 0.29) is 2.43 Å². The molecule has 0 bridgehead atoms. The van der Waals surface area contributed by atoms with Gasteiger partial charge in [0.15, 0.2) is 0 Å². The Labute approximate surface area is 101 Å². The van der Waals surface area contributed by atoms with E-state index < -0.39 is 55.3 Å². The van der Waals surface area contributed by atoms with E-state index in [1.54, 1.807) is 0 Å². The number of alkyl halides is 8. The van der Waals surface area contributed by atoms with E-state index in [9.17, 15) is 26.7 Å². The molecule has 1 fully saturated rings. The molecule has 2 nitrogen and oxygen atoms in total. The zero-order chi connectivity index (χ0) is 12.6. The van der Waals surface area contributed by atoms with E-state index in [0.29, 0.717) is 6.08 Å². The first-order valence-corrected chi connectivity index (χ1v) is 14.1. The molecule has 9 heteroatoms. The van der Waals surface area contributed by atoms with Gasteiger partial charge in [0.05, 0.1) is 0 Å². The predicted molar refractivity (Wildman–Crippen MR) is 50.0 cm³/mol. The molecule has 0 aliphatic carbocycles. The topological polar surface area (TPSA) is 26.3 Å². The molecule has 96 valence electrons. The van der Waals surface area contributed by atoms with Crippen LogP contribution in [0.1, 0.15) is 0 Å². The quantitative estimate of drug-likeness (QED) is 0.186. The third-order valence-corrected chi connectivity index (χ3v) is 16.1. The molecule has 1 unspecified atom stereocenters. The van der Waals surface area contributed by atoms with Crippen molar-refractivity contribution >= 4 is 21.8 Å². The number of carbonyl (C=O) groups excluding carboxylic acids is 1. The average molecular weight is 471 g/mol. The maximum absolute atomic E-state index is 13.3. The molecule has 0 radical (unpaired) electrons. The zero-order valence-electron chi connectivity index (χ0n) is 7.53. The van der Waals surface area contributed by atoms with Gasteiger partial charge in [0.1, 0.15) is 0 Å². The maximum atomic E-state index is 13.3. The number of hydrogen-bond acceptors (Lipinski definition) is 2. The van der Waals surface area contributed by atoms with E-state index in [4.69, 9.17) is 0 Å². The van der Waals surface area contributed by atoms with Gasteiger partial charge in [-0.1, -0.05) is 0 Å². The van der Waals surface area contributed by atoms with Crippen LogP contribution < -0.4 is 17.2 Å². The molecule has 1 rings (SSSR count). The van der Waals surface area contributed by atoms with Gasteiger partial charge in [-0.25, -0.2) is 0 Å². The summed E-state index contributed by atoms with van der Waals surface area (Å²) in [5.41, 5.74) is 0. The zero-order valence-corrected chi connectivity index (χ0v) is 11.8. The summed E-state index contributed by atoms with van der Waals surface area (Å²) in [6, 6.07) is 0. The van der Waals surface area contributed by atoms with Crippen LogP contribution in [0.5, 0.6) is 0 Å². The number of halogens is 7. The molecule has 0 spiro atoms. The van der Waals surface area contributed by atoms with Crippen molar-refractivity contribution in [1.29, 1.82) is 0 Å². The fraction of sp³-hybridized carbons (Fsp3) is 0.571. The summed E-state index contributed by atoms with van der Waals surface area (Å²) in [7, 11) is 0. The first-order chi connectivity index (χ1) is 7.19. The fourth-order valence-electron chi connectivity index (χ4n) is 0.745. The molecule has 1 aliphatic rings. The number of ether oxygens (including phenoxy) is 1. The molecule has 1 atom stereocenters. The van der Waals surface area contributed by atoms with Crippen molar-refractivity contribution in [3.05, 3.63) is 12.7 Å². The Kier molecular flexibility index (Phi) is 4.40. The van der Waals surface area contributed by atoms with Crippen LogP contribution in [0.3, 0.4) is 0 Å². The second-order valence-corrected chi connectivity index (χ2v) is 21.3. The van der Waals surface area contributed by atoms with E-state index >= 15 is 0 Å². The SMILES string of the molecule is C=CC(=O)OC(C(F)(F)F)C(F)(F)I1C[I-]1. The number of carbonyl (C=O) groups is 1. The van der Waals surface area contributed by atoms with Crippen molar-refractivity contribution in [2.24, 2.45) is 0 Å². The molecular formula is C7H6F5I2O2-. The van der Waals surface area contributed by atoms with Gasteiger partial charge in [-0.05, 0) is 0 Å². The molecule has 0 N–H and O–H groups in total. The van der Waals surface area contributed by atoms with Crippen LogP contribution in [0, 0.1) is 0 Å². The molecule has 0 aromatic carbocycles. The standard InChI is InChI=1S/C7H6F5I2O2/c1-2-4(15)16-5(6(8,9)10)7(11,12)14-3-13-14/h2,5H,1,3H2/q-1. The average Bonchev–Trinajstić information content (AvgIpc) is 2.94. The van der Waals surface area contributed by atoms with Gasteiger partial charge in [0, 0.05) is 0 Å². The monoisotopic (exact) mass is 471 g/mol. The molecule has 1 saturated heterocycles. The van der Waals surface area contributed by atoms with Crippen LogP contribution >= 0.6 is 15.8 Å². The van der Waals surface area contributed by atoms with Crippen LogP contribution in [0.15, 0.2) is 12.7 Å². The predicted octanol–water partition coefficient (Wildman–Crippen LogP) is -0.279. The van der Waals surface area contributed by atoms with Gasteiger partial charge < -0.3 is 0 Å². The summed E-state index contributed by atoms with van der Waals surface area (Å²) in [6.45, 7) is 2.87. The molecule has 0 aromatic rings. The minimum absolute atomic E-state index is 0.272. The fourth-order valence-corrected chi connectivity index (χ4v) is 14.9. The van der Waals surface area contributed by atoms with E-state index in [2.05, 4.69) is 11.3 Å². The van der Waals surface area contributed by atoms with E-state index in [1.165, 1.54) is 0 Å². The van der Waals surface area contributed by atoms with Crippen molar-refractivity contribution in [2.75, 3.05) is 2.43 Å². The van der Waals surface area contributed by atoms with Gasteiger partial charge in [0.25, 0.3) is 0 Å². The van der Waals surface area contributed by atoms with Gasteiger partial charge in [-0.3, -0.25) is 0 Å². The van der Waals surface area contributed by atoms with Gasteiger partial charge >= 0.3 is 102 Å². The molecule has 1 aliphatic heterocycles. The van der Waals surface area contributed by atoms with Gasteiger partial charge in [-0.15, -0.1) is 0 Å². The number of hydrogen-bond donors (Lipinski definition) is 0.